The third-order valence-corrected chi connectivity index (χ3v) is 5.77. The lowest BCUT2D eigenvalue weighted by molar-refractivity contribution is -0.141. The number of benzene rings is 3. The van der Waals surface area contributed by atoms with Gasteiger partial charge in [-0.2, -0.15) is 0 Å². The van der Waals surface area contributed by atoms with E-state index in [9.17, 15) is 14.7 Å². The van der Waals surface area contributed by atoms with E-state index >= 15 is 0 Å². The van der Waals surface area contributed by atoms with E-state index in [1.54, 1.807) is 14.0 Å². The molecule has 1 aliphatic rings. The molecule has 3 aromatic rings. The van der Waals surface area contributed by atoms with E-state index in [0.29, 0.717) is 12.8 Å². The molecule has 0 saturated carbocycles. The fourth-order valence-electron chi connectivity index (χ4n) is 3.88. The van der Waals surface area contributed by atoms with Crippen LogP contribution in [0.25, 0.3) is 10.8 Å². The Morgan fingerprint density at radius 2 is 1.74 bits per heavy atom. The molecule has 2 atom stereocenters. The smallest absolute Gasteiger partial charge is 0.346 e. The lowest BCUT2D eigenvalue weighted by Crippen LogP contribution is -2.18. The van der Waals surface area contributed by atoms with E-state index in [2.05, 4.69) is 0 Å². The van der Waals surface area contributed by atoms with Crippen LogP contribution in [-0.2, 0) is 20.7 Å². The van der Waals surface area contributed by atoms with E-state index in [0.717, 1.165) is 27.6 Å². The molecular formula is C26H24O5. The normalized spacial score (nSPS) is 18.7. The first kappa shape index (κ1) is 20.7. The van der Waals surface area contributed by atoms with Gasteiger partial charge in [-0.15, -0.1) is 0 Å². The second kappa shape index (κ2) is 8.64. The molecule has 0 spiro atoms. The molecule has 1 saturated heterocycles. The molecule has 0 radical (unpaired) electrons. The average molecular weight is 416 g/mol. The number of ether oxygens (including phenoxy) is 2. The standard InChI is InChI=1S/C26H24O5/c1-16(18-9-10-20-15-21(30-2)12-11-19(20)14-18)24(27)23-25(28)22(31-26(23)29)13-8-17-6-4-3-5-7-17/h3-7,9-12,14-16,22,27H,8,13H2,1-2H3/t16-,22+/m1/s1. The van der Waals surface area contributed by atoms with Crippen molar-refractivity contribution in [2.75, 3.05) is 7.11 Å². The fourth-order valence-corrected chi connectivity index (χ4v) is 3.88. The molecule has 1 aliphatic heterocycles. The number of carbonyl (C=O) groups is 2. The van der Waals surface area contributed by atoms with Crippen LogP contribution in [0.4, 0.5) is 0 Å². The van der Waals surface area contributed by atoms with Crippen molar-refractivity contribution < 1.29 is 24.2 Å². The van der Waals surface area contributed by atoms with Gasteiger partial charge in [0, 0.05) is 5.92 Å². The van der Waals surface area contributed by atoms with Gasteiger partial charge < -0.3 is 14.6 Å². The highest BCUT2D eigenvalue weighted by Gasteiger charge is 2.41. The van der Waals surface area contributed by atoms with Gasteiger partial charge in [0.15, 0.2) is 6.10 Å². The van der Waals surface area contributed by atoms with Crippen LogP contribution in [0.5, 0.6) is 5.75 Å². The number of carbonyl (C=O) groups excluding carboxylic acids is 2. The van der Waals surface area contributed by atoms with Crippen molar-refractivity contribution in [1.82, 2.24) is 0 Å². The summed E-state index contributed by atoms with van der Waals surface area (Å²) >= 11 is 0. The molecule has 3 aromatic carbocycles. The van der Waals surface area contributed by atoms with Gasteiger partial charge in [-0.3, -0.25) is 4.79 Å². The highest BCUT2D eigenvalue weighted by Crippen LogP contribution is 2.32. The Morgan fingerprint density at radius 3 is 2.48 bits per heavy atom. The quantitative estimate of drug-likeness (QED) is 0.268. The van der Waals surface area contributed by atoms with E-state index in [1.165, 1.54) is 0 Å². The van der Waals surface area contributed by atoms with E-state index < -0.39 is 23.8 Å². The largest absolute Gasteiger partial charge is 0.511 e. The van der Waals surface area contributed by atoms with Gasteiger partial charge in [0.25, 0.3) is 0 Å². The fraction of sp³-hybridized carbons (Fsp3) is 0.231. The number of aryl methyl sites for hydroxylation is 1. The summed E-state index contributed by atoms with van der Waals surface area (Å²) in [6, 6.07) is 21.2. The van der Waals surface area contributed by atoms with Crippen LogP contribution < -0.4 is 4.74 Å². The van der Waals surface area contributed by atoms with Gasteiger partial charge in [-0.05, 0) is 46.9 Å². The minimum Gasteiger partial charge on any atom is -0.511 e. The maximum absolute atomic E-state index is 12.8. The SMILES string of the molecule is COc1ccc2cc([C@@H](C)C(O)=C3C(=O)O[C@@H](CCc4ccccc4)C3=O)ccc2c1. The number of esters is 1. The second-order valence-electron chi connectivity index (χ2n) is 7.74. The minimum atomic E-state index is -0.860. The van der Waals surface area contributed by atoms with Crippen molar-refractivity contribution >= 4 is 22.5 Å². The van der Waals surface area contributed by atoms with Crippen LogP contribution in [0.15, 0.2) is 78.1 Å². The Bertz CT molecular complexity index is 1160. The highest BCUT2D eigenvalue weighted by atomic mass is 16.6. The Balaban J connectivity index is 1.55. The Morgan fingerprint density at radius 1 is 1.03 bits per heavy atom. The van der Waals surface area contributed by atoms with Gasteiger partial charge in [0.05, 0.1) is 7.11 Å². The van der Waals surface area contributed by atoms with E-state index in [4.69, 9.17) is 9.47 Å². The second-order valence-corrected chi connectivity index (χ2v) is 7.74. The molecule has 1 fully saturated rings. The summed E-state index contributed by atoms with van der Waals surface area (Å²) in [7, 11) is 1.62. The van der Waals surface area contributed by atoms with Gasteiger partial charge in [-0.1, -0.05) is 61.5 Å². The van der Waals surface area contributed by atoms with Gasteiger partial charge in [-0.25, -0.2) is 4.79 Å². The maximum atomic E-state index is 12.8. The molecule has 1 heterocycles. The molecule has 0 unspecified atom stereocenters. The lowest BCUT2D eigenvalue weighted by Gasteiger charge is -2.13. The molecule has 0 amide bonds. The van der Waals surface area contributed by atoms with Gasteiger partial charge in [0.2, 0.25) is 5.78 Å². The number of aliphatic hydroxyl groups excluding tert-OH is 1. The number of methoxy groups -OCH3 is 1. The van der Waals surface area contributed by atoms with Crippen LogP contribution in [0, 0.1) is 0 Å². The number of cyclic esters (lactones) is 1. The number of aliphatic hydroxyl groups is 1. The summed E-state index contributed by atoms with van der Waals surface area (Å²) in [5.41, 5.74) is 1.63. The first-order valence-electron chi connectivity index (χ1n) is 10.3. The Labute approximate surface area is 180 Å². The van der Waals surface area contributed by atoms with Crippen LogP contribution >= 0.6 is 0 Å². The van der Waals surface area contributed by atoms with Crippen LogP contribution in [-0.4, -0.2) is 30.1 Å². The summed E-state index contributed by atoms with van der Waals surface area (Å²) in [4.78, 5) is 25.2. The molecule has 5 heteroatoms. The first-order chi connectivity index (χ1) is 15.0. The molecule has 5 nitrogen and oxygen atoms in total. The lowest BCUT2D eigenvalue weighted by atomic mass is 9.92. The van der Waals surface area contributed by atoms with E-state index in [-0.39, 0.29) is 11.3 Å². The monoisotopic (exact) mass is 416 g/mol. The van der Waals surface area contributed by atoms with Crippen molar-refractivity contribution in [3.8, 4) is 5.75 Å². The number of Topliss-reactive ketones (excluding diaryl/α,β-unsaturated/α-hetero) is 1. The van der Waals surface area contributed by atoms with Crippen molar-refractivity contribution in [2.45, 2.75) is 31.8 Å². The highest BCUT2D eigenvalue weighted by molar-refractivity contribution is 6.23. The van der Waals surface area contributed by atoms with Crippen LogP contribution in [0.3, 0.4) is 0 Å². The number of fused-ring (bicyclic) bond motifs is 1. The van der Waals surface area contributed by atoms with Crippen LogP contribution in [0.1, 0.15) is 30.4 Å². The zero-order valence-electron chi connectivity index (χ0n) is 17.5. The third kappa shape index (κ3) is 4.17. The molecule has 0 bridgehead atoms. The molecular weight excluding hydrogens is 392 g/mol. The number of rotatable bonds is 6. The van der Waals surface area contributed by atoms with Crippen molar-refractivity contribution in [1.29, 1.82) is 0 Å². The van der Waals surface area contributed by atoms with Gasteiger partial charge >= 0.3 is 5.97 Å². The number of hydrogen-bond donors (Lipinski definition) is 1. The maximum Gasteiger partial charge on any atom is 0.346 e. The number of allylic oxidation sites excluding steroid dienone is 1. The summed E-state index contributed by atoms with van der Waals surface area (Å²) in [5, 5.41) is 12.8. The predicted octanol–water partition coefficient (Wildman–Crippen LogP) is 4.89. The summed E-state index contributed by atoms with van der Waals surface area (Å²) in [6.07, 6.45) is 0.140. The topological polar surface area (TPSA) is 72.8 Å². The third-order valence-electron chi connectivity index (χ3n) is 5.77. The Kier molecular flexibility index (Phi) is 5.76. The molecule has 4 rings (SSSR count). The molecule has 158 valence electrons. The first-order valence-corrected chi connectivity index (χ1v) is 10.3. The van der Waals surface area contributed by atoms with Crippen molar-refractivity contribution in [3.05, 3.63) is 89.2 Å². The summed E-state index contributed by atoms with van der Waals surface area (Å²) in [6.45, 7) is 1.77. The Hall–Kier alpha value is -3.60. The zero-order chi connectivity index (χ0) is 22.0. The van der Waals surface area contributed by atoms with Gasteiger partial charge in [0.1, 0.15) is 17.1 Å². The number of hydrogen-bond acceptors (Lipinski definition) is 5. The molecule has 0 aliphatic carbocycles. The van der Waals surface area contributed by atoms with Crippen molar-refractivity contribution in [2.24, 2.45) is 0 Å². The summed E-state index contributed by atoms with van der Waals surface area (Å²) < 4.78 is 10.5. The molecule has 31 heavy (non-hydrogen) atoms. The van der Waals surface area contributed by atoms with Crippen molar-refractivity contribution in [3.63, 3.8) is 0 Å². The van der Waals surface area contributed by atoms with Crippen LogP contribution in [0.2, 0.25) is 0 Å². The number of ketones is 1. The minimum absolute atomic E-state index is 0.236. The van der Waals surface area contributed by atoms with E-state index in [1.807, 2.05) is 66.7 Å². The predicted molar refractivity (Wildman–Crippen MR) is 118 cm³/mol. The molecule has 1 N–H and O–H groups in total. The summed E-state index contributed by atoms with van der Waals surface area (Å²) in [5.74, 6) is -1.20. The zero-order valence-corrected chi connectivity index (χ0v) is 17.5. The average Bonchev–Trinajstić information content (AvgIpc) is 3.09. The molecule has 0 aromatic heterocycles.